The van der Waals surface area contributed by atoms with E-state index in [4.69, 9.17) is 0 Å². The van der Waals surface area contributed by atoms with Crippen molar-refractivity contribution in [2.45, 2.75) is 53.0 Å². The molecule has 1 atom stereocenters. The van der Waals surface area contributed by atoms with Crippen LogP contribution in [0.15, 0.2) is 0 Å². The Bertz CT molecular complexity index is 214. The molecule has 2 N–H and O–H groups in total. The van der Waals surface area contributed by atoms with Crippen LogP contribution in [-0.4, -0.2) is 25.0 Å². The number of likely N-dealkylation sites (N-methyl/N-ethyl adjacent to an activating group) is 1. The van der Waals surface area contributed by atoms with Gasteiger partial charge in [-0.15, -0.1) is 0 Å². The van der Waals surface area contributed by atoms with Crippen molar-refractivity contribution in [2.75, 3.05) is 13.6 Å². The molecule has 0 aromatic rings. The number of amides is 1. The van der Waals surface area contributed by atoms with E-state index in [0.29, 0.717) is 0 Å². The highest BCUT2D eigenvalue weighted by atomic mass is 16.2. The second-order valence-corrected chi connectivity index (χ2v) is 5.14. The molecule has 0 radical (unpaired) electrons. The van der Waals surface area contributed by atoms with Gasteiger partial charge < -0.3 is 10.6 Å². The molecule has 0 aliphatic carbocycles. The maximum atomic E-state index is 11.7. The summed E-state index contributed by atoms with van der Waals surface area (Å²) in [5.41, 5.74) is -0.203. The van der Waals surface area contributed by atoms with Crippen molar-refractivity contribution < 1.29 is 4.79 Å². The summed E-state index contributed by atoms with van der Waals surface area (Å²) >= 11 is 0. The first-order valence-electron chi connectivity index (χ1n) is 5.78. The summed E-state index contributed by atoms with van der Waals surface area (Å²) in [5, 5.41) is 6.08. The summed E-state index contributed by atoms with van der Waals surface area (Å²) in [6.45, 7) is 11.4. The van der Waals surface area contributed by atoms with Gasteiger partial charge in [0.05, 0.1) is 5.54 Å². The summed E-state index contributed by atoms with van der Waals surface area (Å²) in [5.74, 6) is 0.0666. The average molecular weight is 214 g/mol. The molecule has 0 spiro atoms. The molecule has 0 aromatic carbocycles. The minimum atomic E-state index is -0.443. The Morgan fingerprint density at radius 3 is 2.00 bits per heavy atom. The van der Waals surface area contributed by atoms with Crippen LogP contribution in [0.1, 0.15) is 47.5 Å². The Hall–Kier alpha value is -0.570. The fourth-order valence-corrected chi connectivity index (χ4v) is 1.20. The lowest BCUT2D eigenvalue weighted by atomic mass is 9.88. The van der Waals surface area contributed by atoms with Crippen LogP contribution >= 0.6 is 0 Å². The zero-order chi connectivity index (χ0) is 12.1. The number of hydrogen-bond donors (Lipinski definition) is 2. The van der Waals surface area contributed by atoms with E-state index < -0.39 is 5.54 Å². The van der Waals surface area contributed by atoms with Gasteiger partial charge in [-0.2, -0.15) is 0 Å². The molecule has 0 heterocycles. The van der Waals surface area contributed by atoms with Crippen LogP contribution < -0.4 is 10.6 Å². The van der Waals surface area contributed by atoms with Crippen LogP contribution in [0, 0.1) is 5.41 Å². The smallest absolute Gasteiger partial charge is 0.239 e. The number of carbonyl (C=O) groups is 1. The van der Waals surface area contributed by atoms with Gasteiger partial charge in [0.15, 0.2) is 0 Å². The lowest BCUT2D eigenvalue weighted by molar-refractivity contribution is -0.126. The van der Waals surface area contributed by atoms with Crippen LogP contribution in [0.5, 0.6) is 0 Å². The van der Waals surface area contributed by atoms with Crippen LogP contribution in [0.25, 0.3) is 0 Å². The molecule has 0 aliphatic rings. The second kappa shape index (κ2) is 5.50. The predicted molar refractivity (Wildman–Crippen MR) is 64.8 cm³/mol. The molecule has 0 saturated heterocycles. The molecular weight excluding hydrogens is 188 g/mol. The Labute approximate surface area is 94.0 Å². The lowest BCUT2D eigenvalue weighted by Gasteiger charge is -2.33. The average Bonchev–Trinajstić information content (AvgIpc) is 2.24. The normalized spacial score (nSPS) is 15.9. The molecule has 90 valence electrons. The minimum Gasteiger partial charge on any atom is -0.358 e. The van der Waals surface area contributed by atoms with Crippen molar-refractivity contribution in [3.63, 3.8) is 0 Å². The number of carbonyl (C=O) groups excluding carboxylic acids is 1. The molecule has 3 heteroatoms. The summed E-state index contributed by atoms with van der Waals surface area (Å²) in [4.78, 5) is 11.7. The van der Waals surface area contributed by atoms with Crippen LogP contribution in [-0.2, 0) is 4.79 Å². The number of nitrogens with one attached hydrogen (secondary N) is 2. The third-order valence-electron chi connectivity index (χ3n) is 3.35. The number of hydrogen-bond acceptors (Lipinski definition) is 2. The minimum absolute atomic E-state index is 0.0666. The highest BCUT2D eigenvalue weighted by molar-refractivity contribution is 5.85. The standard InChI is InChI=1S/C12H26N2O/c1-7-11(3,4)9-14-12(5,8-2)10(15)13-6/h14H,7-9H2,1-6H3,(H,13,15). The van der Waals surface area contributed by atoms with Gasteiger partial charge in [0, 0.05) is 13.6 Å². The fraction of sp³-hybridized carbons (Fsp3) is 0.917. The third-order valence-corrected chi connectivity index (χ3v) is 3.35. The largest absolute Gasteiger partial charge is 0.358 e. The van der Waals surface area contributed by atoms with Crippen LogP contribution in [0.2, 0.25) is 0 Å². The molecule has 0 saturated carbocycles. The van der Waals surface area contributed by atoms with Gasteiger partial charge in [0.2, 0.25) is 5.91 Å². The van der Waals surface area contributed by atoms with Crippen molar-refractivity contribution in [3.8, 4) is 0 Å². The topological polar surface area (TPSA) is 41.1 Å². The van der Waals surface area contributed by atoms with E-state index in [2.05, 4.69) is 31.4 Å². The summed E-state index contributed by atoms with van der Waals surface area (Å²) in [6, 6.07) is 0. The zero-order valence-electron chi connectivity index (χ0n) is 11.0. The zero-order valence-corrected chi connectivity index (χ0v) is 11.0. The summed E-state index contributed by atoms with van der Waals surface area (Å²) < 4.78 is 0. The number of rotatable bonds is 6. The Kier molecular flexibility index (Phi) is 5.29. The molecule has 3 nitrogen and oxygen atoms in total. The van der Waals surface area contributed by atoms with Gasteiger partial charge in [-0.05, 0) is 25.2 Å². The second-order valence-electron chi connectivity index (χ2n) is 5.14. The van der Waals surface area contributed by atoms with E-state index in [-0.39, 0.29) is 11.3 Å². The van der Waals surface area contributed by atoms with Gasteiger partial charge in [-0.25, -0.2) is 0 Å². The van der Waals surface area contributed by atoms with Crippen LogP contribution in [0.3, 0.4) is 0 Å². The molecule has 0 bridgehead atoms. The van der Waals surface area contributed by atoms with Crippen molar-refractivity contribution in [1.29, 1.82) is 0 Å². The monoisotopic (exact) mass is 214 g/mol. The quantitative estimate of drug-likeness (QED) is 0.709. The van der Waals surface area contributed by atoms with Gasteiger partial charge >= 0.3 is 0 Å². The van der Waals surface area contributed by atoms with E-state index in [1.165, 1.54) is 0 Å². The highest BCUT2D eigenvalue weighted by Crippen LogP contribution is 2.20. The van der Waals surface area contributed by atoms with E-state index in [9.17, 15) is 4.79 Å². The maximum Gasteiger partial charge on any atom is 0.239 e. The first-order valence-corrected chi connectivity index (χ1v) is 5.78. The van der Waals surface area contributed by atoms with E-state index in [1.807, 2.05) is 13.8 Å². The SMILES string of the molecule is CCC(C)(C)CNC(C)(CC)C(=O)NC. The van der Waals surface area contributed by atoms with Gasteiger partial charge in [0.25, 0.3) is 0 Å². The van der Waals surface area contributed by atoms with Gasteiger partial charge in [-0.3, -0.25) is 4.79 Å². The van der Waals surface area contributed by atoms with Crippen molar-refractivity contribution in [3.05, 3.63) is 0 Å². The highest BCUT2D eigenvalue weighted by Gasteiger charge is 2.31. The summed E-state index contributed by atoms with van der Waals surface area (Å²) in [6.07, 6.45) is 1.90. The Balaban J connectivity index is 4.40. The molecule has 0 aromatic heterocycles. The molecule has 0 aliphatic heterocycles. The Morgan fingerprint density at radius 1 is 1.13 bits per heavy atom. The molecule has 1 unspecified atom stereocenters. The first kappa shape index (κ1) is 14.4. The molecule has 15 heavy (non-hydrogen) atoms. The molecule has 0 fully saturated rings. The van der Waals surface area contributed by atoms with Crippen LogP contribution in [0.4, 0.5) is 0 Å². The third kappa shape index (κ3) is 4.20. The molecule has 0 rings (SSSR count). The van der Waals surface area contributed by atoms with Gasteiger partial charge in [-0.1, -0.05) is 27.7 Å². The van der Waals surface area contributed by atoms with Gasteiger partial charge in [0.1, 0.15) is 0 Å². The van der Waals surface area contributed by atoms with E-state index in [0.717, 1.165) is 19.4 Å². The fourth-order valence-electron chi connectivity index (χ4n) is 1.20. The Morgan fingerprint density at radius 2 is 1.67 bits per heavy atom. The maximum absolute atomic E-state index is 11.7. The van der Waals surface area contributed by atoms with E-state index >= 15 is 0 Å². The molecule has 1 amide bonds. The van der Waals surface area contributed by atoms with Crippen molar-refractivity contribution >= 4 is 5.91 Å². The van der Waals surface area contributed by atoms with E-state index in [1.54, 1.807) is 7.05 Å². The lowest BCUT2D eigenvalue weighted by Crippen LogP contribution is -2.55. The predicted octanol–water partition coefficient (Wildman–Crippen LogP) is 1.93. The molecular formula is C12H26N2O. The first-order chi connectivity index (χ1) is 6.81. The van der Waals surface area contributed by atoms with Crippen molar-refractivity contribution in [1.82, 2.24) is 10.6 Å². The summed E-state index contributed by atoms with van der Waals surface area (Å²) in [7, 11) is 1.68. The van der Waals surface area contributed by atoms with Crippen molar-refractivity contribution in [2.24, 2.45) is 5.41 Å².